The van der Waals surface area contributed by atoms with Gasteiger partial charge in [-0.1, -0.05) is 13.8 Å². The summed E-state index contributed by atoms with van der Waals surface area (Å²) in [6.07, 6.45) is -21.9. The molecule has 358 valence electrons. The van der Waals surface area contributed by atoms with Crippen molar-refractivity contribution in [3.05, 3.63) is 45.9 Å². The highest BCUT2D eigenvalue weighted by Crippen LogP contribution is 2.54. The van der Waals surface area contributed by atoms with Crippen LogP contribution in [0, 0.1) is 0 Å². The molecule has 7 nitrogen and oxygen atoms in total. The Morgan fingerprint density at radius 1 is 0.452 bits per heavy atom. The molecule has 0 amide bonds. The zero-order valence-electron chi connectivity index (χ0n) is 29.6. The smallest absolute Gasteiger partial charge is 0.377 e. The normalized spacial score (nSPS) is 14.5. The standard InChI is InChI=1S/C23H7BrF23N3O4.C3H5F3.C2H6/c24-8-4-6(12(53)49(10(4)51)2-15(27,28)18(33,34)21(39,40)41)9(48-1-14(25,26)17(31,32)20(37,38)23(45,46)47)7-5(8)11(52)50(13(7)54)3-16(29,30)19(35,36)22(42,43)44;1-3(5,6)2-4;1-2/h48H,1-3H2;2H2,1H3;1-2H3. The van der Waals surface area contributed by atoms with Gasteiger partial charge in [-0.05, 0) is 15.9 Å². The minimum absolute atomic E-state index is 0.535. The first-order valence-electron chi connectivity index (χ1n) is 15.3. The lowest BCUT2D eigenvalue weighted by Crippen LogP contribution is -2.62. The fraction of sp³-hybridized carbons (Fsp3) is 0.643. The van der Waals surface area contributed by atoms with E-state index in [2.05, 4.69) is 15.9 Å². The van der Waals surface area contributed by atoms with Gasteiger partial charge in [0.1, 0.15) is 0 Å². The number of nitrogens with zero attached hydrogens (tertiary/aromatic N) is 2. The van der Waals surface area contributed by atoms with Crippen molar-refractivity contribution in [3.8, 4) is 0 Å². The van der Waals surface area contributed by atoms with Crippen LogP contribution in [-0.2, 0) is 13.1 Å². The van der Waals surface area contributed by atoms with Crippen molar-refractivity contribution in [3.63, 3.8) is 0 Å². The van der Waals surface area contributed by atoms with E-state index in [4.69, 9.17) is 0 Å². The van der Waals surface area contributed by atoms with Gasteiger partial charge in [0.2, 0.25) is 0 Å². The molecule has 0 atom stereocenters. The first-order chi connectivity index (χ1) is 27.1. The van der Waals surface area contributed by atoms with Crippen LogP contribution >= 0.6 is 15.9 Å². The molecular weight excluding hydrogens is 1020 g/mol. The summed E-state index contributed by atoms with van der Waals surface area (Å²) in [6.45, 7) is -7.33. The van der Waals surface area contributed by atoms with E-state index in [-0.39, 0.29) is 0 Å². The van der Waals surface area contributed by atoms with Crippen molar-refractivity contribution in [1.29, 1.82) is 0 Å². The minimum atomic E-state index is -7.70. The maximum Gasteiger partial charge on any atom is 0.460 e. The van der Waals surface area contributed by atoms with E-state index in [9.17, 15) is 133 Å². The number of nitrogens with one attached hydrogen (secondary N) is 1. The van der Waals surface area contributed by atoms with Gasteiger partial charge in [0.25, 0.3) is 28.2 Å². The number of rotatable bonds is 12. The molecule has 3 aromatic rings. The predicted molar refractivity (Wildman–Crippen MR) is 162 cm³/mol. The summed E-state index contributed by atoms with van der Waals surface area (Å²) >= 11 is 2.13. The van der Waals surface area contributed by atoms with Crippen LogP contribution in [0.4, 0.5) is 120 Å². The lowest BCUT2D eigenvalue weighted by molar-refractivity contribution is -0.393. The quantitative estimate of drug-likeness (QED) is 0.183. The van der Waals surface area contributed by atoms with Crippen LogP contribution in [0.5, 0.6) is 0 Å². The van der Waals surface area contributed by atoms with Crippen LogP contribution in [0.25, 0.3) is 21.5 Å². The van der Waals surface area contributed by atoms with Gasteiger partial charge in [0.15, 0.2) is 6.67 Å². The van der Waals surface area contributed by atoms with Crippen molar-refractivity contribution in [2.45, 2.75) is 99.8 Å². The first-order valence-corrected chi connectivity index (χ1v) is 16.1. The zero-order chi connectivity index (χ0) is 50.0. The predicted octanol–water partition coefficient (Wildman–Crippen LogP) is 9.86. The number of hydrogen-bond donors (Lipinski definition) is 1. The van der Waals surface area contributed by atoms with Gasteiger partial charge in [0.05, 0.1) is 46.9 Å². The molecule has 0 radical (unpaired) electrons. The molecule has 0 fully saturated rings. The lowest BCUT2D eigenvalue weighted by Gasteiger charge is -2.33. The number of halogens is 27. The highest BCUT2D eigenvalue weighted by molar-refractivity contribution is 9.10. The summed E-state index contributed by atoms with van der Waals surface area (Å²) < 4.78 is 337. The van der Waals surface area contributed by atoms with E-state index < -0.39 is 155 Å². The molecular formula is C28H18BrF26N3O4. The van der Waals surface area contributed by atoms with E-state index in [1.54, 1.807) is 0 Å². The highest BCUT2D eigenvalue weighted by atomic mass is 79.9. The number of anilines is 1. The Bertz CT molecular complexity index is 2180. The van der Waals surface area contributed by atoms with Crippen LogP contribution < -0.4 is 27.6 Å². The Morgan fingerprint density at radius 2 is 0.710 bits per heavy atom. The molecule has 62 heavy (non-hydrogen) atoms. The van der Waals surface area contributed by atoms with Gasteiger partial charge >= 0.3 is 60.0 Å². The van der Waals surface area contributed by atoms with Crippen molar-refractivity contribution in [2.24, 2.45) is 0 Å². The lowest BCUT2D eigenvalue weighted by atomic mass is 10.0. The average molecular weight is 1030 g/mol. The Labute approximate surface area is 331 Å². The van der Waals surface area contributed by atoms with Gasteiger partial charge in [-0.15, -0.1) is 0 Å². The molecule has 34 heteroatoms. The van der Waals surface area contributed by atoms with E-state index in [1.807, 2.05) is 13.8 Å². The third-order valence-electron chi connectivity index (χ3n) is 7.55. The SMILES string of the molecule is CC.CC(F)(F)CF.O=c1c2c(Br)c3c(=O)n(CC(F)(F)C(F)(F)C(F)(F)F)c(=O)c3c(NCC(F)(F)C(F)(F)C(F)(F)C(F)(F)F)c2c(=O)n1CC(F)(F)C(F)(F)C(F)(F)F. The second-order valence-electron chi connectivity index (χ2n) is 12.0. The average Bonchev–Trinajstić information content (AvgIpc) is 3.47. The number of benzene rings is 1. The Balaban J connectivity index is 0.00000220. The molecule has 0 aliphatic carbocycles. The maximum absolute atomic E-state index is 14.4. The summed E-state index contributed by atoms with van der Waals surface area (Å²) in [4.78, 5) is 51.9. The van der Waals surface area contributed by atoms with Crippen LogP contribution in [0.1, 0.15) is 20.8 Å². The molecule has 0 aliphatic heterocycles. The molecule has 3 rings (SSSR count). The molecule has 2 aromatic heterocycles. The third kappa shape index (κ3) is 9.42. The number of fused-ring (bicyclic) bond motifs is 2. The van der Waals surface area contributed by atoms with Gasteiger partial charge in [-0.3, -0.25) is 28.3 Å². The summed E-state index contributed by atoms with van der Waals surface area (Å²) in [5.74, 6) is -52.8. The molecule has 1 aromatic carbocycles. The summed E-state index contributed by atoms with van der Waals surface area (Å²) in [6, 6.07) is 0. The number of aromatic nitrogens is 2. The van der Waals surface area contributed by atoms with Gasteiger partial charge in [0, 0.05) is 11.4 Å². The topological polar surface area (TPSA) is 90.2 Å². The van der Waals surface area contributed by atoms with Crippen molar-refractivity contribution >= 4 is 43.2 Å². The van der Waals surface area contributed by atoms with Crippen molar-refractivity contribution in [1.82, 2.24) is 9.13 Å². The first kappa shape index (κ1) is 56.0. The molecule has 0 saturated heterocycles. The van der Waals surface area contributed by atoms with Gasteiger partial charge in [-0.2, -0.15) is 101 Å². The molecule has 0 unspecified atom stereocenters. The number of alkyl halides is 26. The molecule has 0 aliphatic rings. The van der Waals surface area contributed by atoms with Crippen LogP contribution in [0.3, 0.4) is 0 Å². The molecule has 0 bridgehead atoms. The van der Waals surface area contributed by atoms with Crippen molar-refractivity contribution < 1.29 is 114 Å². The summed E-state index contributed by atoms with van der Waals surface area (Å²) in [5.41, 5.74) is -13.3. The van der Waals surface area contributed by atoms with E-state index in [1.165, 1.54) is 0 Å². The Kier molecular flexibility index (Phi) is 15.2. The van der Waals surface area contributed by atoms with Crippen molar-refractivity contribution in [2.75, 3.05) is 18.5 Å². The van der Waals surface area contributed by atoms with E-state index in [0.717, 1.165) is 0 Å². The van der Waals surface area contributed by atoms with E-state index >= 15 is 0 Å². The second-order valence-corrected chi connectivity index (χ2v) is 12.8. The van der Waals surface area contributed by atoms with Gasteiger partial charge in [-0.25, -0.2) is 13.2 Å². The highest BCUT2D eigenvalue weighted by Gasteiger charge is 2.81. The van der Waals surface area contributed by atoms with E-state index in [0.29, 0.717) is 12.2 Å². The fourth-order valence-corrected chi connectivity index (χ4v) is 5.20. The third-order valence-corrected chi connectivity index (χ3v) is 8.34. The molecule has 2 heterocycles. The van der Waals surface area contributed by atoms with Crippen LogP contribution in [-0.4, -0.2) is 88.3 Å². The molecule has 0 saturated carbocycles. The molecule has 0 spiro atoms. The number of hydrogen-bond acceptors (Lipinski definition) is 5. The van der Waals surface area contributed by atoms with Crippen LogP contribution in [0.2, 0.25) is 0 Å². The Hall–Kier alpha value is -4.04. The van der Waals surface area contributed by atoms with Crippen LogP contribution in [0.15, 0.2) is 23.7 Å². The zero-order valence-corrected chi connectivity index (χ0v) is 31.1. The van der Waals surface area contributed by atoms with Gasteiger partial charge < -0.3 is 5.32 Å². The Morgan fingerprint density at radius 3 is 0.952 bits per heavy atom. The minimum Gasteiger partial charge on any atom is -0.377 e. The fourth-order valence-electron chi connectivity index (χ4n) is 4.47. The largest absolute Gasteiger partial charge is 0.460 e. The summed E-state index contributed by atoms with van der Waals surface area (Å²) in [7, 11) is 0. The maximum atomic E-state index is 14.4. The molecule has 1 N–H and O–H groups in total. The summed E-state index contributed by atoms with van der Waals surface area (Å²) in [5, 5.41) is -7.74. The second kappa shape index (κ2) is 16.8. The monoisotopic (exact) mass is 1030 g/mol.